The molecule has 0 atom stereocenters. The van der Waals surface area contributed by atoms with Crippen LogP contribution in [0.5, 0.6) is 0 Å². The summed E-state index contributed by atoms with van der Waals surface area (Å²) in [7, 11) is -3.58. The summed E-state index contributed by atoms with van der Waals surface area (Å²) in [4.78, 5) is 12.1. The minimum atomic E-state index is -3.58. The minimum Gasteiger partial charge on any atom is -0.268 e. The van der Waals surface area contributed by atoms with Gasteiger partial charge in [0.1, 0.15) is 0 Å². The Balaban J connectivity index is 2.16. The van der Waals surface area contributed by atoms with E-state index in [2.05, 4.69) is 4.72 Å². The second-order valence-corrected chi connectivity index (χ2v) is 7.21. The molecule has 0 heterocycles. The normalized spacial score (nSPS) is 14.3. The maximum absolute atomic E-state index is 12.1. The number of sulfonamides is 1. The largest absolute Gasteiger partial charge is 0.268 e. The highest BCUT2D eigenvalue weighted by molar-refractivity contribution is 7.90. The van der Waals surface area contributed by atoms with Gasteiger partial charge in [-0.15, -0.1) is 0 Å². The molecule has 1 aliphatic carbocycles. The first-order chi connectivity index (χ1) is 9.47. The van der Waals surface area contributed by atoms with Gasteiger partial charge in [0.15, 0.2) is 0 Å². The van der Waals surface area contributed by atoms with E-state index in [4.69, 9.17) is 0 Å². The first kappa shape index (κ1) is 15.0. The molecule has 1 aromatic rings. The Kier molecular flexibility index (Phi) is 4.48. The third-order valence-corrected chi connectivity index (χ3v) is 5.96. The summed E-state index contributed by atoms with van der Waals surface area (Å²) in [6.07, 6.45) is 4.12. The van der Waals surface area contributed by atoms with E-state index in [0.717, 1.165) is 24.8 Å². The molecular weight excluding hydrogens is 274 g/mol. The zero-order valence-electron chi connectivity index (χ0n) is 12.0. The van der Waals surface area contributed by atoms with Crippen LogP contribution in [-0.4, -0.2) is 19.6 Å². The molecule has 0 saturated carbocycles. The predicted molar refractivity (Wildman–Crippen MR) is 79.2 cm³/mol. The summed E-state index contributed by atoms with van der Waals surface area (Å²) in [6, 6.07) is 5.46. The molecule has 1 amide bonds. The van der Waals surface area contributed by atoms with Crippen molar-refractivity contribution >= 4 is 15.9 Å². The average Bonchev–Trinajstić information content (AvgIpc) is 2.86. The van der Waals surface area contributed by atoms with Crippen LogP contribution in [0, 0.1) is 0 Å². The van der Waals surface area contributed by atoms with Gasteiger partial charge in [-0.3, -0.25) is 4.79 Å². The van der Waals surface area contributed by atoms with Crippen molar-refractivity contribution in [3.63, 3.8) is 0 Å². The standard InChI is InChI=1S/C15H21NO3S/c1-3-14(4-2)20(18,19)16-15(17)13-9-8-11-6-5-7-12(11)10-13/h8-10,14H,3-7H2,1-2H3,(H,16,17). The predicted octanol–water partition coefficient (Wildman–Crippen LogP) is 2.42. The number of hydrogen-bond donors (Lipinski definition) is 1. The fourth-order valence-electron chi connectivity index (χ4n) is 2.71. The number of fused-ring (bicyclic) bond motifs is 1. The van der Waals surface area contributed by atoms with Gasteiger partial charge < -0.3 is 0 Å². The molecule has 2 rings (SSSR count). The van der Waals surface area contributed by atoms with Crippen molar-refractivity contribution in [2.75, 3.05) is 0 Å². The topological polar surface area (TPSA) is 63.2 Å². The number of amides is 1. The van der Waals surface area contributed by atoms with Crippen molar-refractivity contribution in [1.29, 1.82) is 0 Å². The minimum absolute atomic E-state index is 0.431. The molecule has 0 aliphatic heterocycles. The van der Waals surface area contributed by atoms with Crippen LogP contribution in [-0.2, 0) is 22.9 Å². The Bertz CT molecular complexity index is 604. The van der Waals surface area contributed by atoms with Crippen LogP contribution in [0.3, 0.4) is 0 Å². The van der Waals surface area contributed by atoms with Gasteiger partial charge >= 0.3 is 0 Å². The van der Waals surface area contributed by atoms with E-state index in [-0.39, 0.29) is 0 Å². The number of carbonyl (C=O) groups excluding carboxylic acids is 1. The van der Waals surface area contributed by atoms with E-state index < -0.39 is 21.2 Å². The van der Waals surface area contributed by atoms with Gasteiger partial charge in [0, 0.05) is 5.56 Å². The second-order valence-electron chi connectivity index (χ2n) is 5.25. The van der Waals surface area contributed by atoms with E-state index in [1.165, 1.54) is 5.56 Å². The Labute approximate surface area is 120 Å². The Hall–Kier alpha value is -1.36. The lowest BCUT2D eigenvalue weighted by atomic mass is 10.1. The van der Waals surface area contributed by atoms with E-state index in [1.807, 2.05) is 26.0 Å². The summed E-state index contributed by atoms with van der Waals surface area (Å²) in [5.74, 6) is -0.522. The van der Waals surface area contributed by atoms with Crippen molar-refractivity contribution in [1.82, 2.24) is 4.72 Å². The monoisotopic (exact) mass is 295 g/mol. The molecule has 1 aromatic carbocycles. The first-order valence-corrected chi connectivity index (χ1v) is 8.70. The fraction of sp³-hybridized carbons (Fsp3) is 0.533. The molecule has 110 valence electrons. The highest BCUT2D eigenvalue weighted by Gasteiger charge is 2.25. The van der Waals surface area contributed by atoms with Gasteiger partial charge in [0.2, 0.25) is 10.0 Å². The Morgan fingerprint density at radius 1 is 1.20 bits per heavy atom. The third kappa shape index (κ3) is 3.03. The molecule has 5 heteroatoms. The molecule has 0 bridgehead atoms. The quantitative estimate of drug-likeness (QED) is 0.907. The van der Waals surface area contributed by atoms with E-state index in [1.54, 1.807) is 6.07 Å². The smallest absolute Gasteiger partial charge is 0.264 e. The zero-order valence-corrected chi connectivity index (χ0v) is 12.8. The van der Waals surface area contributed by atoms with Crippen molar-refractivity contribution in [2.45, 2.75) is 51.2 Å². The molecule has 0 spiro atoms. The first-order valence-electron chi connectivity index (χ1n) is 7.15. The van der Waals surface area contributed by atoms with E-state index >= 15 is 0 Å². The van der Waals surface area contributed by atoms with Crippen molar-refractivity contribution in [2.24, 2.45) is 0 Å². The van der Waals surface area contributed by atoms with Crippen LogP contribution >= 0.6 is 0 Å². The lowest BCUT2D eigenvalue weighted by molar-refractivity contribution is 0.0981. The van der Waals surface area contributed by atoms with E-state index in [0.29, 0.717) is 18.4 Å². The number of hydrogen-bond acceptors (Lipinski definition) is 3. The molecule has 0 radical (unpaired) electrons. The Morgan fingerprint density at radius 3 is 2.50 bits per heavy atom. The van der Waals surface area contributed by atoms with Gasteiger partial charge in [-0.2, -0.15) is 0 Å². The lowest BCUT2D eigenvalue weighted by Gasteiger charge is -2.14. The van der Waals surface area contributed by atoms with Gasteiger partial charge in [-0.1, -0.05) is 19.9 Å². The van der Waals surface area contributed by atoms with Gasteiger partial charge in [-0.05, 0) is 55.4 Å². The molecule has 0 fully saturated rings. The molecule has 1 aliphatic rings. The number of rotatable bonds is 5. The molecule has 4 nitrogen and oxygen atoms in total. The number of aryl methyl sites for hydroxylation is 2. The van der Waals surface area contributed by atoms with Crippen LogP contribution in [0.15, 0.2) is 18.2 Å². The number of carbonyl (C=O) groups is 1. The molecule has 0 aromatic heterocycles. The van der Waals surface area contributed by atoms with Crippen LogP contribution in [0.2, 0.25) is 0 Å². The molecule has 1 N–H and O–H groups in total. The fourth-order valence-corrected chi connectivity index (χ4v) is 4.13. The molecule has 20 heavy (non-hydrogen) atoms. The van der Waals surface area contributed by atoms with Gasteiger partial charge in [0.25, 0.3) is 5.91 Å². The molecule has 0 unspecified atom stereocenters. The second kappa shape index (κ2) is 5.95. The maximum Gasteiger partial charge on any atom is 0.264 e. The number of nitrogens with one attached hydrogen (secondary N) is 1. The van der Waals surface area contributed by atoms with Gasteiger partial charge in [0.05, 0.1) is 5.25 Å². The van der Waals surface area contributed by atoms with Crippen molar-refractivity contribution < 1.29 is 13.2 Å². The summed E-state index contributed by atoms with van der Waals surface area (Å²) in [5.41, 5.74) is 2.86. The summed E-state index contributed by atoms with van der Waals surface area (Å²) < 4.78 is 26.4. The average molecular weight is 295 g/mol. The Morgan fingerprint density at radius 2 is 1.85 bits per heavy atom. The third-order valence-electron chi connectivity index (χ3n) is 3.95. The summed E-state index contributed by atoms with van der Waals surface area (Å²) in [6.45, 7) is 3.63. The van der Waals surface area contributed by atoms with Crippen molar-refractivity contribution in [3.05, 3.63) is 34.9 Å². The van der Waals surface area contributed by atoms with Crippen LogP contribution in [0.4, 0.5) is 0 Å². The summed E-state index contributed by atoms with van der Waals surface area (Å²) in [5, 5.41) is -0.513. The molecule has 0 saturated heterocycles. The van der Waals surface area contributed by atoms with Crippen LogP contribution < -0.4 is 4.72 Å². The highest BCUT2D eigenvalue weighted by Crippen LogP contribution is 2.23. The number of benzene rings is 1. The maximum atomic E-state index is 12.1. The highest BCUT2D eigenvalue weighted by atomic mass is 32.2. The molecular formula is C15H21NO3S. The summed E-state index contributed by atoms with van der Waals surface area (Å²) >= 11 is 0. The van der Waals surface area contributed by atoms with Gasteiger partial charge in [-0.25, -0.2) is 13.1 Å². The van der Waals surface area contributed by atoms with Crippen LogP contribution in [0.25, 0.3) is 0 Å². The lowest BCUT2D eigenvalue weighted by Crippen LogP contribution is -2.37. The van der Waals surface area contributed by atoms with Crippen LogP contribution in [0.1, 0.15) is 54.6 Å². The SMILES string of the molecule is CCC(CC)S(=O)(=O)NC(=O)c1ccc2c(c1)CCC2. The zero-order chi connectivity index (χ0) is 14.8. The van der Waals surface area contributed by atoms with Crippen molar-refractivity contribution in [3.8, 4) is 0 Å². The van der Waals surface area contributed by atoms with E-state index in [9.17, 15) is 13.2 Å².